The zero-order valence-electron chi connectivity index (χ0n) is 14.5. The van der Waals surface area contributed by atoms with E-state index in [1.807, 2.05) is 0 Å². The molecule has 0 bridgehead atoms. The lowest BCUT2D eigenvalue weighted by Crippen LogP contribution is -2.26. The minimum absolute atomic E-state index is 0.0349. The number of hydrogen-bond acceptors (Lipinski definition) is 4. The molecule has 1 atom stereocenters. The molecular formula is C18H17ClF3NO4. The summed E-state index contributed by atoms with van der Waals surface area (Å²) in [5.74, 6) is -2.28. The van der Waals surface area contributed by atoms with Crippen LogP contribution in [0.5, 0.6) is 0 Å². The number of esters is 2. The van der Waals surface area contributed by atoms with Crippen molar-refractivity contribution in [3.05, 3.63) is 58.4 Å². The topological polar surface area (TPSA) is 68.4 Å². The second kappa shape index (κ2) is 8.47. The van der Waals surface area contributed by atoms with E-state index in [2.05, 4.69) is 9.72 Å². The highest BCUT2D eigenvalue weighted by Crippen LogP contribution is 2.40. The summed E-state index contributed by atoms with van der Waals surface area (Å²) in [5, 5.41) is 0. The summed E-state index contributed by atoms with van der Waals surface area (Å²) >= 11 is 5.73. The lowest BCUT2D eigenvalue weighted by atomic mass is 10.0. The van der Waals surface area contributed by atoms with Crippen molar-refractivity contribution in [3.8, 4) is 0 Å². The Morgan fingerprint density at radius 3 is 2.37 bits per heavy atom. The highest BCUT2D eigenvalue weighted by molar-refractivity contribution is 6.17. The van der Waals surface area contributed by atoms with E-state index in [9.17, 15) is 22.8 Å². The summed E-state index contributed by atoms with van der Waals surface area (Å²) in [7, 11) is 0. The van der Waals surface area contributed by atoms with E-state index >= 15 is 0 Å². The zero-order chi connectivity index (χ0) is 20.2. The number of benzene rings is 1. The molecule has 0 saturated heterocycles. The van der Waals surface area contributed by atoms with Crippen LogP contribution in [0.2, 0.25) is 0 Å². The maximum Gasteiger partial charge on any atom is 0.429 e. The van der Waals surface area contributed by atoms with Crippen LogP contribution in [0.15, 0.2) is 30.3 Å². The van der Waals surface area contributed by atoms with Crippen LogP contribution in [-0.2, 0) is 26.8 Å². The Morgan fingerprint density at radius 2 is 1.85 bits per heavy atom. The average Bonchev–Trinajstić information content (AvgIpc) is 2.93. The lowest BCUT2D eigenvalue weighted by molar-refractivity contribution is -0.223. The molecule has 5 nitrogen and oxygen atoms in total. The van der Waals surface area contributed by atoms with Gasteiger partial charge in [-0.15, -0.1) is 11.6 Å². The molecule has 0 saturated carbocycles. The first kappa shape index (κ1) is 20.8. The van der Waals surface area contributed by atoms with E-state index in [1.54, 1.807) is 30.3 Å². The van der Waals surface area contributed by atoms with Crippen LogP contribution >= 0.6 is 11.6 Å². The van der Waals surface area contributed by atoms with Crippen LogP contribution in [-0.4, -0.2) is 23.1 Å². The normalized spacial score (nSPS) is 12.5. The van der Waals surface area contributed by atoms with E-state index in [1.165, 1.54) is 6.92 Å². The number of nitrogens with one attached hydrogen (secondary N) is 1. The first-order valence-electron chi connectivity index (χ1n) is 7.87. The molecule has 0 aliphatic carbocycles. The Kier molecular flexibility index (Phi) is 6.54. The molecule has 2 aromatic rings. The Hall–Kier alpha value is -2.48. The van der Waals surface area contributed by atoms with Gasteiger partial charge in [0.05, 0.1) is 5.88 Å². The number of aromatic amines is 1. The van der Waals surface area contributed by atoms with E-state index in [4.69, 9.17) is 16.3 Å². The zero-order valence-corrected chi connectivity index (χ0v) is 15.3. The number of H-pyrrole nitrogens is 1. The van der Waals surface area contributed by atoms with Gasteiger partial charge in [-0.3, -0.25) is 4.79 Å². The monoisotopic (exact) mass is 403 g/mol. The maximum absolute atomic E-state index is 13.4. The van der Waals surface area contributed by atoms with Crippen molar-refractivity contribution in [2.24, 2.45) is 0 Å². The largest absolute Gasteiger partial charge is 0.456 e. The molecular weight excluding hydrogens is 387 g/mol. The molecule has 0 aliphatic rings. The van der Waals surface area contributed by atoms with E-state index in [0.29, 0.717) is 0 Å². The van der Waals surface area contributed by atoms with Crippen LogP contribution in [0, 0.1) is 6.92 Å². The van der Waals surface area contributed by atoms with Gasteiger partial charge >= 0.3 is 18.1 Å². The Morgan fingerprint density at radius 1 is 1.22 bits per heavy atom. The van der Waals surface area contributed by atoms with Crippen molar-refractivity contribution in [3.63, 3.8) is 0 Å². The number of ether oxygens (including phenoxy) is 2. The number of rotatable bonds is 6. The minimum Gasteiger partial charge on any atom is -0.456 e. The van der Waals surface area contributed by atoms with Gasteiger partial charge in [0.15, 0.2) is 0 Å². The van der Waals surface area contributed by atoms with Gasteiger partial charge in [0.1, 0.15) is 12.3 Å². The molecule has 0 radical (unpaired) electrons. The highest BCUT2D eigenvalue weighted by Gasteiger charge is 2.46. The van der Waals surface area contributed by atoms with E-state index in [0.717, 1.165) is 12.5 Å². The van der Waals surface area contributed by atoms with Crippen LogP contribution in [0.1, 0.15) is 45.9 Å². The SMILES string of the molecule is CC(=O)OC(c1c(CCl)[nH]c(C(=O)OCc2ccccc2)c1C)C(F)(F)F. The van der Waals surface area contributed by atoms with Gasteiger partial charge in [0, 0.05) is 18.2 Å². The number of carbonyl (C=O) groups excluding carboxylic acids is 2. The number of aromatic nitrogens is 1. The molecule has 1 aromatic heterocycles. The molecule has 0 fully saturated rings. The second-order valence-corrected chi connectivity index (χ2v) is 6.01. The van der Waals surface area contributed by atoms with Crippen LogP contribution in [0.25, 0.3) is 0 Å². The van der Waals surface area contributed by atoms with Crippen LogP contribution in [0.4, 0.5) is 13.2 Å². The summed E-state index contributed by atoms with van der Waals surface area (Å²) in [6.45, 7) is 2.13. The molecule has 1 unspecified atom stereocenters. The van der Waals surface area contributed by atoms with E-state index in [-0.39, 0.29) is 35.0 Å². The summed E-state index contributed by atoms with van der Waals surface area (Å²) < 4.78 is 49.8. The first-order valence-corrected chi connectivity index (χ1v) is 8.40. The fourth-order valence-corrected chi connectivity index (χ4v) is 2.80. The van der Waals surface area contributed by atoms with Gasteiger partial charge in [0.25, 0.3) is 0 Å². The van der Waals surface area contributed by atoms with Crippen molar-refractivity contribution in [2.45, 2.75) is 38.6 Å². The molecule has 1 N–H and O–H groups in total. The number of hydrogen-bond donors (Lipinski definition) is 1. The third-order valence-corrected chi connectivity index (χ3v) is 4.04. The lowest BCUT2D eigenvalue weighted by Gasteiger charge is -2.21. The van der Waals surface area contributed by atoms with Crippen LogP contribution < -0.4 is 0 Å². The van der Waals surface area contributed by atoms with Gasteiger partial charge in [-0.25, -0.2) is 4.79 Å². The number of halogens is 4. The first-order chi connectivity index (χ1) is 12.6. The van der Waals surface area contributed by atoms with Crippen molar-refractivity contribution < 1.29 is 32.2 Å². The van der Waals surface area contributed by atoms with Gasteiger partial charge < -0.3 is 14.5 Å². The molecule has 1 aromatic carbocycles. The third kappa shape index (κ3) is 5.03. The molecule has 146 valence electrons. The fourth-order valence-electron chi connectivity index (χ4n) is 2.59. The molecule has 0 aliphatic heterocycles. The molecule has 2 rings (SSSR count). The van der Waals surface area contributed by atoms with Gasteiger partial charge in [-0.1, -0.05) is 30.3 Å². The third-order valence-electron chi connectivity index (χ3n) is 3.77. The highest BCUT2D eigenvalue weighted by atomic mass is 35.5. The smallest absolute Gasteiger partial charge is 0.429 e. The average molecular weight is 404 g/mol. The number of alkyl halides is 4. The van der Waals surface area contributed by atoms with E-state index < -0.39 is 24.2 Å². The Bertz CT molecular complexity index is 818. The predicted molar refractivity (Wildman–Crippen MR) is 91.2 cm³/mol. The summed E-state index contributed by atoms with van der Waals surface area (Å²) in [4.78, 5) is 26.0. The molecule has 0 spiro atoms. The second-order valence-electron chi connectivity index (χ2n) is 5.74. The van der Waals surface area contributed by atoms with Crippen molar-refractivity contribution in [1.29, 1.82) is 0 Å². The molecule has 1 heterocycles. The van der Waals surface area contributed by atoms with Crippen molar-refractivity contribution >= 4 is 23.5 Å². The predicted octanol–water partition coefficient (Wildman–Crippen LogP) is 4.59. The quantitative estimate of drug-likeness (QED) is 0.566. The van der Waals surface area contributed by atoms with Crippen molar-refractivity contribution in [1.82, 2.24) is 4.98 Å². The fraction of sp³-hybridized carbons (Fsp3) is 0.333. The Labute approximate surface area is 158 Å². The van der Waals surface area contributed by atoms with Crippen molar-refractivity contribution in [2.75, 3.05) is 0 Å². The summed E-state index contributed by atoms with van der Waals surface area (Å²) in [6.07, 6.45) is -7.40. The van der Waals surface area contributed by atoms with Gasteiger partial charge in [0.2, 0.25) is 6.10 Å². The summed E-state index contributed by atoms with van der Waals surface area (Å²) in [5.41, 5.74) is 0.0648. The molecule has 9 heteroatoms. The molecule has 0 amide bonds. The summed E-state index contributed by atoms with van der Waals surface area (Å²) in [6, 6.07) is 8.81. The van der Waals surface area contributed by atoms with Gasteiger partial charge in [-0.2, -0.15) is 13.2 Å². The van der Waals surface area contributed by atoms with Gasteiger partial charge in [-0.05, 0) is 18.1 Å². The molecule has 27 heavy (non-hydrogen) atoms. The maximum atomic E-state index is 13.4. The number of carbonyl (C=O) groups is 2. The van der Waals surface area contributed by atoms with Crippen LogP contribution in [0.3, 0.4) is 0 Å². The standard InChI is InChI=1S/C18H17ClF3NO4/c1-10-14(16(18(20,21)22)27-11(2)24)13(8-19)23-15(10)17(25)26-9-12-6-4-3-5-7-12/h3-7,16,23H,8-9H2,1-2H3. The Balaban J connectivity index is 2.34. The minimum atomic E-state index is -4.87.